The van der Waals surface area contributed by atoms with Crippen LogP contribution in [0.2, 0.25) is 0 Å². The molecule has 0 amide bonds. The Hall–Kier alpha value is -1.13. The molecular weight excluding hydrogens is 200 g/mol. The van der Waals surface area contributed by atoms with E-state index in [4.69, 9.17) is 4.18 Å². The molecule has 0 fully saturated rings. The van der Waals surface area contributed by atoms with Crippen molar-refractivity contribution in [1.29, 1.82) is 0 Å². The van der Waals surface area contributed by atoms with Gasteiger partial charge in [-0.05, 0) is 18.6 Å². The monoisotopic (exact) mass is 212 g/mol. The summed E-state index contributed by atoms with van der Waals surface area (Å²) in [5, 5.41) is 0. The first kappa shape index (κ1) is 10.9. The normalized spacial score (nSPS) is 11.2. The lowest BCUT2D eigenvalue weighted by Crippen LogP contribution is -2.07. The minimum Gasteiger partial charge on any atom is -0.262 e. The van der Waals surface area contributed by atoms with Crippen molar-refractivity contribution < 1.29 is 12.6 Å². The minimum atomic E-state index is -3.62. The lowest BCUT2D eigenvalue weighted by atomic mass is 10.2. The Morgan fingerprint density at radius 3 is 2.64 bits per heavy atom. The third-order valence-electron chi connectivity index (χ3n) is 1.70. The Balaban J connectivity index is 3.04. The molecule has 0 aliphatic heterocycles. The third-order valence-corrected chi connectivity index (χ3v) is 3.15. The first-order chi connectivity index (χ1) is 6.58. The van der Waals surface area contributed by atoms with Gasteiger partial charge < -0.3 is 0 Å². The molecule has 0 aromatic heterocycles. The van der Waals surface area contributed by atoms with Crippen molar-refractivity contribution in [3.05, 3.63) is 42.5 Å². The van der Waals surface area contributed by atoms with Crippen LogP contribution in [0.1, 0.15) is 5.56 Å². The molecular formula is C10H12O3S. The first-order valence-corrected chi connectivity index (χ1v) is 5.54. The molecule has 4 heteroatoms. The third kappa shape index (κ3) is 2.43. The predicted octanol–water partition coefficient (Wildman–Crippen LogP) is 1.89. The van der Waals surface area contributed by atoms with Gasteiger partial charge in [0.25, 0.3) is 10.1 Å². The molecule has 0 N–H and O–H groups in total. The van der Waals surface area contributed by atoms with Gasteiger partial charge in [0.05, 0.1) is 11.5 Å². The molecule has 0 radical (unpaired) electrons. The maximum Gasteiger partial charge on any atom is 0.297 e. The van der Waals surface area contributed by atoms with Crippen LogP contribution in [0.5, 0.6) is 0 Å². The second kappa shape index (κ2) is 4.39. The van der Waals surface area contributed by atoms with Gasteiger partial charge >= 0.3 is 0 Å². The van der Waals surface area contributed by atoms with E-state index < -0.39 is 10.1 Å². The fraction of sp³-hybridized carbons (Fsp3) is 0.200. The minimum absolute atomic E-state index is 0.00331. The standard InChI is InChI=1S/C10H12O3S/c1-3-8-13-14(11,12)10-7-5-4-6-9(10)2/h3-7H,1,8H2,2H3. The zero-order chi connectivity index (χ0) is 10.6. The molecule has 0 aliphatic rings. The van der Waals surface area contributed by atoms with Gasteiger partial charge in [-0.15, -0.1) is 6.58 Å². The summed E-state index contributed by atoms with van der Waals surface area (Å²) in [6.07, 6.45) is 1.40. The Kier molecular flexibility index (Phi) is 3.43. The van der Waals surface area contributed by atoms with Gasteiger partial charge in [0.2, 0.25) is 0 Å². The van der Waals surface area contributed by atoms with Gasteiger partial charge in [0.1, 0.15) is 0 Å². The van der Waals surface area contributed by atoms with E-state index in [9.17, 15) is 8.42 Å². The molecule has 0 aliphatic carbocycles. The van der Waals surface area contributed by atoms with Crippen LogP contribution in [0.15, 0.2) is 41.8 Å². The fourth-order valence-corrected chi connectivity index (χ4v) is 2.15. The molecule has 0 saturated carbocycles. The van der Waals surface area contributed by atoms with Gasteiger partial charge in [0, 0.05) is 0 Å². The second-order valence-electron chi connectivity index (χ2n) is 2.79. The molecule has 76 valence electrons. The van der Waals surface area contributed by atoms with E-state index in [0.29, 0.717) is 5.56 Å². The zero-order valence-corrected chi connectivity index (χ0v) is 8.75. The van der Waals surface area contributed by atoms with Crippen molar-refractivity contribution in [1.82, 2.24) is 0 Å². The van der Waals surface area contributed by atoms with Crippen molar-refractivity contribution in [3.8, 4) is 0 Å². The summed E-state index contributed by atoms with van der Waals surface area (Å²) in [5.74, 6) is 0. The highest BCUT2D eigenvalue weighted by Crippen LogP contribution is 2.16. The van der Waals surface area contributed by atoms with Gasteiger partial charge in [-0.1, -0.05) is 24.3 Å². The number of aryl methyl sites for hydroxylation is 1. The number of benzene rings is 1. The summed E-state index contributed by atoms with van der Waals surface area (Å²) >= 11 is 0. The van der Waals surface area contributed by atoms with Crippen LogP contribution in [0.4, 0.5) is 0 Å². The van der Waals surface area contributed by atoms with Crippen LogP contribution in [0, 0.1) is 6.92 Å². The molecule has 0 spiro atoms. The number of hydrogen-bond donors (Lipinski definition) is 0. The van der Waals surface area contributed by atoms with Gasteiger partial charge in [0.15, 0.2) is 0 Å². The summed E-state index contributed by atoms with van der Waals surface area (Å²) < 4.78 is 27.8. The van der Waals surface area contributed by atoms with E-state index in [0.717, 1.165) is 0 Å². The molecule has 1 aromatic carbocycles. The lowest BCUT2D eigenvalue weighted by molar-refractivity contribution is 0.357. The largest absolute Gasteiger partial charge is 0.297 e. The Bertz CT molecular complexity index is 421. The molecule has 0 atom stereocenters. The van der Waals surface area contributed by atoms with Crippen LogP contribution < -0.4 is 0 Å². The first-order valence-electron chi connectivity index (χ1n) is 4.14. The van der Waals surface area contributed by atoms with E-state index >= 15 is 0 Å². The SMILES string of the molecule is C=CCOS(=O)(=O)c1ccccc1C. The smallest absolute Gasteiger partial charge is 0.262 e. The van der Waals surface area contributed by atoms with E-state index in [1.807, 2.05) is 0 Å². The van der Waals surface area contributed by atoms with E-state index in [1.54, 1.807) is 25.1 Å². The Morgan fingerprint density at radius 2 is 2.07 bits per heavy atom. The molecule has 3 nitrogen and oxygen atoms in total. The van der Waals surface area contributed by atoms with E-state index in [-0.39, 0.29) is 11.5 Å². The van der Waals surface area contributed by atoms with Crippen molar-refractivity contribution in [2.45, 2.75) is 11.8 Å². The number of hydrogen-bond acceptors (Lipinski definition) is 3. The van der Waals surface area contributed by atoms with Gasteiger partial charge in [-0.3, -0.25) is 4.18 Å². The molecule has 1 rings (SSSR count). The number of rotatable bonds is 4. The van der Waals surface area contributed by atoms with Crippen molar-refractivity contribution >= 4 is 10.1 Å². The summed E-state index contributed by atoms with van der Waals surface area (Å²) in [4.78, 5) is 0.210. The van der Waals surface area contributed by atoms with Crippen LogP contribution in [-0.2, 0) is 14.3 Å². The van der Waals surface area contributed by atoms with Gasteiger partial charge in [-0.2, -0.15) is 8.42 Å². The van der Waals surface area contributed by atoms with Gasteiger partial charge in [-0.25, -0.2) is 0 Å². The van der Waals surface area contributed by atoms with E-state index in [1.165, 1.54) is 12.1 Å². The molecule has 0 unspecified atom stereocenters. The summed E-state index contributed by atoms with van der Waals surface area (Å²) in [6, 6.07) is 6.69. The summed E-state index contributed by atoms with van der Waals surface area (Å²) in [7, 11) is -3.62. The maximum absolute atomic E-state index is 11.5. The quantitative estimate of drug-likeness (QED) is 0.565. The summed E-state index contributed by atoms with van der Waals surface area (Å²) in [6.45, 7) is 5.11. The highest BCUT2D eigenvalue weighted by molar-refractivity contribution is 7.86. The summed E-state index contributed by atoms with van der Waals surface area (Å²) in [5.41, 5.74) is 0.677. The zero-order valence-electron chi connectivity index (χ0n) is 7.93. The molecule has 14 heavy (non-hydrogen) atoms. The Morgan fingerprint density at radius 1 is 1.43 bits per heavy atom. The lowest BCUT2D eigenvalue weighted by Gasteiger charge is -2.05. The molecule has 0 saturated heterocycles. The fourth-order valence-electron chi connectivity index (χ4n) is 1.04. The van der Waals surface area contributed by atoms with Crippen molar-refractivity contribution in [2.75, 3.05) is 6.61 Å². The second-order valence-corrected chi connectivity index (χ2v) is 4.38. The predicted molar refractivity (Wildman–Crippen MR) is 54.5 cm³/mol. The highest BCUT2D eigenvalue weighted by Gasteiger charge is 2.15. The molecule has 0 bridgehead atoms. The van der Waals surface area contributed by atoms with E-state index in [2.05, 4.69) is 6.58 Å². The average Bonchev–Trinajstić information content (AvgIpc) is 2.15. The van der Waals surface area contributed by atoms with Crippen LogP contribution in [0.3, 0.4) is 0 Å². The van der Waals surface area contributed by atoms with Crippen LogP contribution in [-0.4, -0.2) is 15.0 Å². The topological polar surface area (TPSA) is 43.4 Å². The van der Waals surface area contributed by atoms with Crippen LogP contribution >= 0.6 is 0 Å². The van der Waals surface area contributed by atoms with Crippen molar-refractivity contribution in [2.24, 2.45) is 0 Å². The highest BCUT2D eigenvalue weighted by atomic mass is 32.2. The molecule has 1 aromatic rings. The van der Waals surface area contributed by atoms with Crippen molar-refractivity contribution in [3.63, 3.8) is 0 Å². The maximum atomic E-state index is 11.5. The van der Waals surface area contributed by atoms with Crippen LogP contribution in [0.25, 0.3) is 0 Å². The Labute approximate surface area is 84.1 Å². The molecule has 0 heterocycles. The average molecular weight is 212 g/mol.